The fourth-order valence-electron chi connectivity index (χ4n) is 9.80. The molecule has 4 aliphatic rings. The molecule has 0 amide bonds. The molecular formula is C32H44Cl2O5. The second kappa shape index (κ2) is 11.2. The minimum atomic E-state index is -0.435. The van der Waals surface area contributed by atoms with Gasteiger partial charge in [0, 0.05) is 6.42 Å². The Kier molecular flexibility index (Phi) is 8.37. The van der Waals surface area contributed by atoms with E-state index in [0.717, 1.165) is 44.9 Å². The van der Waals surface area contributed by atoms with Crippen molar-refractivity contribution in [1.29, 1.82) is 0 Å². The van der Waals surface area contributed by atoms with E-state index in [1.165, 1.54) is 20.0 Å². The molecule has 0 saturated heterocycles. The summed E-state index contributed by atoms with van der Waals surface area (Å²) in [6.07, 6.45) is 8.97. The highest BCUT2D eigenvalue weighted by Gasteiger charge is 2.63. The number of aliphatic hydroxyl groups is 1. The molecule has 0 spiro atoms. The minimum absolute atomic E-state index is 0.0964. The summed E-state index contributed by atoms with van der Waals surface area (Å²) in [4.78, 5) is 24.8. The van der Waals surface area contributed by atoms with Gasteiger partial charge in [-0.05, 0) is 116 Å². The van der Waals surface area contributed by atoms with Gasteiger partial charge in [0.2, 0.25) is 0 Å². The van der Waals surface area contributed by atoms with Gasteiger partial charge in [-0.1, -0.05) is 50.0 Å². The maximum absolute atomic E-state index is 13.0. The number of ether oxygens (including phenoxy) is 2. The minimum Gasteiger partial charge on any atom is -0.469 e. The van der Waals surface area contributed by atoms with Gasteiger partial charge in [-0.2, -0.15) is 0 Å². The molecular weight excluding hydrogens is 535 g/mol. The van der Waals surface area contributed by atoms with Crippen LogP contribution < -0.4 is 0 Å². The van der Waals surface area contributed by atoms with Crippen LogP contribution in [-0.2, 0) is 14.3 Å². The van der Waals surface area contributed by atoms with E-state index in [1.54, 1.807) is 18.2 Å². The third-order valence-electron chi connectivity index (χ3n) is 12.0. The largest absolute Gasteiger partial charge is 0.469 e. The molecule has 4 fully saturated rings. The van der Waals surface area contributed by atoms with Gasteiger partial charge in [0.05, 0.1) is 28.8 Å². The Labute approximate surface area is 243 Å². The lowest BCUT2D eigenvalue weighted by Gasteiger charge is -2.62. The van der Waals surface area contributed by atoms with Gasteiger partial charge in [0.15, 0.2) is 0 Å². The fraction of sp³-hybridized carbons (Fsp3) is 0.750. The summed E-state index contributed by atoms with van der Waals surface area (Å²) < 4.78 is 10.9. The lowest BCUT2D eigenvalue weighted by Crippen LogP contribution is -2.59. The van der Waals surface area contributed by atoms with Crippen molar-refractivity contribution < 1.29 is 24.2 Å². The molecule has 7 heteroatoms. The van der Waals surface area contributed by atoms with Gasteiger partial charge in [-0.15, -0.1) is 0 Å². The molecule has 0 aliphatic heterocycles. The van der Waals surface area contributed by atoms with Crippen molar-refractivity contribution >= 4 is 35.1 Å². The van der Waals surface area contributed by atoms with E-state index in [-0.39, 0.29) is 34.6 Å². The number of carbonyl (C=O) groups is 2. The maximum Gasteiger partial charge on any atom is 0.341 e. The zero-order valence-corrected chi connectivity index (χ0v) is 25.3. The summed E-state index contributed by atoms with van der Waals surface area (Å²) in [6.45, 7) is 7.05. The SMILES string of the molecule is COC(=O)CC[C@@H](C)[C@H]1CC[C@H]2[C@@H]3CC[C@@H]4C[C@H](OC(=O)c5c(Cl)cccc5Cl)CC[C@]4(C)[C@H]3C[C@H](O)[C@]12C. The van der Waals surface area contributed by atoms with Crippen molar-refractivity contribution in [2.24, 2.45) is 46.3 Å². The Morgan fingerprint density at radius 1 is 1.05 bits per heavy atom. The van der Waals surface area contributed by atoms with Gasteiger partial charge in [0.25, 0.3) is 0 Å². The summed E-state index contributed by atoms with van der Waals surface area (Å²) in [5, 5.41) is 12.4. The second-order valence-corrected chi connectivity index (χ2v) is 14.3. The van der Waals surface area contributed by atoms with Crippen molar-refractivity contribution in [2.45, 2.75) is 97.2 Å². The molecule has 0 radical (unpaired) electrons. The molecule has 1 N–H and O–H groups in total. The van der Waals surface area contributed by atoms with Crippen molar-refractivity contribution in [2.75, 3.05) is 7.11 Å². The standard InChI is InChI=1S/C32H44Cl2O5/c1-18(8-13-28(36)38-4)22-11-12-23-21-10-9-19-16-20(39-30(37)29-25(33)6-5-7-26(29)34)14-15-31(19,2)24(21)17-27(35)32(22,23)3/h5-7,18-24,27,35H,8-17H2,1-4H3/t18-,19-,20-,21+,22-,23+,24+,27+,31+,32-/m1/s1. The number of rotatable bonds is 6. The van der Waals surface area contributed by atoms with E-state index in [4.69, 9.17) is 32.7 Å². The number of halogens is 2. The molecule has 0 heterocycles. The number of aliphatic hydroxyl groups excluding tert-OH is 1. The predicted octanol–water partition coefficient (Wildman–Crippen LogP) is 7.74. The number of esters is 2. The Balaban J connectivity index is 1.27. The van der Waals surface area contributed by atoms with Gasteiger partial charge in [-0.25, -0.2) is 4.79 Å². The molecule has 0 aromatic heterocycles. The average molecular weight is 580 g/mol. The number of hydrogen-bond donors (Lipinski definition) is 1. The quantitative estimate of drug-likeness (QED) is 0.349. The van der Waals surface area contributed by atoms with Crippen LogP contribution in [0.3, 0.4) is 0 Å². The highest BCUT2D eigenvalue weighted by molar-refractivity contribution is 6.39. The summed E-state index contributed by atoms with van der Waals surface area (Å²) in [5.74, 6) is 2.34. The molecule has 4 saturated carbocycles. The zero-order chi connectivity index (χ0) is 28.1. The van der Waals surface area contributed by atoms with Crippen molar-refractivity contribution in [3.8, 4) is 0 Å². The Hall–Kier alpha value is -1.30. The molecule has 216 valence electrons. The van der Waals surface area contributed by atoms with E-state index >= 15 is 0 Å². The summed E-state index contributed by atoms with van der Waals surface area (Å²) in [5.41, 5.74) is 0.301. The summed E-state index contributed by atoms with van der Waals surface area (Å²) in [7, 11) is 1.45. The number of methoxy groups -OCH3 is 1. The van der Waals surface area contributed by atoms with E-state index < -0.39 is 5.97 Å². The number of benzene rings is 1. The Bertz CT molecular complexity index is 1070. The third kappa shape index (κ3) is 5.03. The van der Waals surface area contributed by atoms with Crippen LogP contribution in [-0.4, -0.2) is 36.4 Å². The predicted molar refractivity (Wildman–Crippen MR) is 153 cm³/mol. The smallest absolute Gasteiger partial charge is 0.341 e. The molecule has 1 aromatic carbocycles. The van der Waals surface area contributed by atoms with Gasteiger partial charge >= 0.3 is 11.9 Å². The lowest BCUT2D eigenvalue weighted by molar-refractivity contribution is -0.175. The first-order valence-corrected chi connectivity index (χ1v) is 15.7. The Morgan fingerprint density at radius 3 is 2.46 bits per heavy atom. The van der Waals surface area contributed by atoms with E-state index in [0.29, 0.717) is 52.0 Å². The van der Waals surface area contributed by atoms with E-state index in [1.807, 2.05) is 0 Å². The van der Waals surface area contributed by atoms with Crippen molar-refractivity contribution in [3.05, 3.63) is 33.8 Å². The molecule has 5 rings (SSSR count). The van der Waals surface area contributed by atoms with Crippen molar-refractivity contribution in [3.63, 3.8) is 0 Å². The first-order valence-electron chi connectivity index (χ1n) is 14.9. The second-order valence-electron chi connectivity index (χ2n) is 13.4. The normalized spacial score (nSPS) is 40.1. The van der Waals surface area contributed by atoms with Crippen LogP contribution in [0.5, 0.6) is 0 Å². The fourth-order valence-corrected chi connectivity index (χ4v) is 10.4. The molecule has 0 unspecified atom stereocenters. The third-order valence-corrected chi connectivity index (χ3v) is 12.6. The highest BCUT2D eigenvalue weighted by Crippen LogP contribution is 2.68. The summed E-state index contributed by atoms with van der Waals surface area (Å²) >= 11 is 12.5. The molecule has 39 heavy (non-hydrogen) atoms. The number of hydrogen-bond acceptors (Lipinski definition) is 5. The molecule has 0 bridgehead atoms. The van der Waals surface area contributed by atoms with Crippen LogP contribution in [0.4, 0.5) is 0 Å². The molecule has 1 aromatic rings. The monoisotopic (exact) mass is 578 g/mol. The van der Waals surface area contributed by atoms with Crippen LogP contribution in [0, 0.1) is 46.3 Å². The maximum atomic E-state index is 13.0. The zero-order valence-electron chi connectivity index (χ0n) is 23.8. The highest BCUT2D eigenvalue weighted by atomic mass is 35.5. The first-order chi connectivity index (χ1) is 18.5. The van der Waals surface area contributed by atoms with Crippen LogP contribution in [0.1, 0.15) is 95.3 Å². The molecule has 5 nitrogen and oxygen atoms in total. The topological polar surface area (TPSA) is 72.8 Å². The number of carbonyl (C=O) groups excluding carboxylic acids is 2. The van der Waals surface area contributed by atoms with Gasteiger partial charge < -0.3 is 14.6 Å². The van der Waals surface area contributed by atoms with E-state index in [9.17, 15) is 14.7 Å². The van der Waals surface area contributed by atoms with Crippen molar-refractivity contribution in [1.82, 2.24) is 0 Å². The lowest BCUT2D eigenvalue weighted by atomic mass is 9.43. The summed E-state index contributed by atoms with van der Waals surface area (Å²) in [6, 6.07) is 5.06. The van der Waals surface area contributed by atoms with E-state index in [2.05, 4.69) is 20.8 Å². The average Bonchev–Trinajstić information content (AvgIpc) is 3.26. The van der Waals surface area contributed by atoms with Crippen LogP contribution in [0.15, 0.2) is 18.2 Å². The van der Waals surface area contributed by atoms with Gasteiger partial charge in [0.1, 0.15) is 6.10 Å². The van der Waals surface area contributed by atoms with Crippen LogP contribution >= 0.6 is 23.2 Å². The Morgan fingerprint density at radius 2 is 1.77 bits per heavy atom. The van der Waals surface area contributed by atoms with Crippen LogP contribution in [0.25, 0.3) is 0 Å². The van der Waals surface area contributed by atoms with Crippen LogP contribution in [0.2, 0.25) is 10.0 Å². The molecule has 4 aliphatic carbocycles. The molecule has 10 atom stereocenters. The first kappa shape index (κ1) is 29.2. The number of fused-ring (bicyclic) bond motifs is 5. The van der Waals surface area contributed by atoms with Gasteiger partial charge in [-0.3, -0.25) is 4.79 Å².